The monoisotopic (exact) mass is 441 g/mol. The number of carbonyl (C=O) groups excluding carboxylic acids is 1. The zero-order valence-electron chi connectivity index (χ0n) is 14.3. The molecular formula is C18H11ClF3N3O3S. The van der Waals surface area contributed by atoms with Crippen molar-refractivity contribution in [3.05, 3.63) is 77.2 Å². The van der Waals surface area contributed by atoms with Crippen molar-refractivity contribution in [1.82, 2.24) is 9.97 Å². The third-order valence-corrected chi connectivity index (χ3v) is 5.88. The largest absolute Gasteiger partial charge is 0.417 e. The van der Waals surface area contributed by atoms with Crippen molar-refractivity contribution in [2.45, 2.75) is 16.1 Å². The minimum atomic E-state index is -4.70. The molecule has 0 aliphatic carbocycles. The van der Waals surface area contributed by atoms with Crippen LogP contribution in [0.25, 0.3) is 0 Å². The number of hydrogen-bond acceptors (Lipinski definition) is 5. The number of hydrogen-bond donors (Lipinski definition) is 1. The van der Waals surface area contributed by atoms with Crippen molar-refractivity contribution in [3.63, 3.8) is 0 Å². The van der Waals surface area contributed by atoms with Crippen molar-refractivity contribution in [2.75, 3.05) is 5.32 Å². The average Bonchev–Trinajstić information content (AvgIpc) is 2.68. The number of nitrogens with zero attached hydrogens (tertiary/aromatic N) is 2. The first kappa shape index (κ1) is 20.7. The Balaban J connectivity index is 1.84. The Labute approximate surface area is 168 Å². The Morgan fingerprint density at radius 3 is 2.21 bits per heavy atom. The van der Waals surface area contributed by atoms with E-state index in [1.54, 1.807) is 0 Å². The maximum atomic E-state index is 12.7. The Bertz CT molecular complexity index is 1150. The lowest BCUT2D eigenvalue weighted by molar-refractivity contribution is -0.137. The second-order valence-electron chi connectivity index (χ2n) is 5.73. The van der Waals surface area contributed by atoms with Crippen LogP contribution in [0.2, 0.25) is 5.02 Å². The lowest BCUT2D eigenvalue weighted by Gasteiger charge is -2.10. The zero-order chi connectivity index (χ0) is 21.2. The minimum Gasteiger partial charge on any atom is -0.322 e. The number of benzene rings is 1. The Hall–Kier alpha value is -2.98. The predicted molar refractivity (Wildman–Crippen MR) is 98.3 cm³/mol. The normalized spacial score (nSPS) is 11.9. The van der Waals surface area contributed by atoms with E-state index in [-0.39, 0.29) is 4.90 Å². The smallest absolute Gasteiger partial charge is 0.322 e. The third-order valence-electron chi connectivity index (χ3n) is 3.75. The molecule has 0 bridgehead atoms. The average molecular weight is 442 g/mol. The van der Waals surface area contributed by atoms with E-state index in [2.05, 4.69) is 15.3 Å². The van der Waals surface area contributed by atoms with Gasteiger partial charge in [-0.2, -0.15) is 13.2 Å². The van der Waals surface area contributed by atoms with Crippen LogP contribution in [-0.2, 0) is 16.0 Å². The fraction of sp³-hybridized carbons (Fsp3) is 0.0556. The molecule has 2 heterocycles. The van der Waals surface area contributed by atoms with E-state index >= 15 is 0 Å². The molecule has 0 spiro atoms. The fourth-order valence-corrected chi connectivity index (χ4v) is 4.01. The summed E-state index contributed by atoms with van der Waals surface area (Å²) in [4.78, 5) is 19.0. The van der Waals surface area contributed by atoms with Gasteiger partial charge in [0.1, 0.15) is 0 Å². The van der Waals surface area contributed by atoms with Crippen LogP contribution in [0.3, 0.4) is 0 Å². The number of pyridine rings is 2. The number of nitrogens with one attached hydrogen (secondary N) is 1. The van der Waals surface area contributed by atoms with Gasteiger partial charge in [0.25, 0.3) is 5.91 Å². The standard InChI is InChI=1S/C18H11ClF3N3O3S/c19-15-9-12(18(20,21)22)10-24-17(15)29(27,28)14-3-1-13(2-4-14)25-16(26)11-5-7-23-8-6-11/h1-10H,(H,25,26). The molecule has 1 N–H and O–H groups in total. The van der Waals surface area contributed by atoms with Crippen molar-refractivity contribution in [3.8, 4) is 0 Å². The van der Waals surface area contributed by atoms with Crippen molar-refractivity contribution in [1.29, 1.82) is 0 Å². The number of aromatic nitrogens is 2. The molecule has 2 aromatic heterocycles. The molecule has 0 unspecified atom stereocenters. The predicted octanol–water partition coefficient (Wildman–Crippen LogP) is 4.23. The van der Waals surface area contributed by atoms with Crippen molar-refractivity contribution >= 4 is 33.0 Å². The molecular weight excluding hydrogens is 431 g/mol. The second-order valence-corrected chi connectivity index (χ2v) is 8.00. The highest BCUT2D eigenvalue weighted by Crippen LogP contribution is 2.33. The molecule has 3 aromatic rings. The molecule has 11 heteroatoms. The number of amides is 1. The van der Waals surface area contributed by atoms with E-state index in [9.17, 15) is 26.4 Å². The van der Waals surface area contributed by atoms with Crippen LogP contribution in [0.1, 0.15) is 15.9 Å². The van der Waals surface area contributed by atoms with Crippen LogP contribution in [0, 0.1) is 0 Å². The van der Waals surface area contributed by atoms with Crippen LogP contribution < -0.4 is 5.32 Å². The summed E-state index contributed by atoms with van der Waals surface area (Å²) in [6.07, 6.45) is -1.40. The molecule has 150 valence electrons. The van der Waals surface area contributed by atoms with Crippen molar-refractivity contribution < 1.29 is 26.4 Å². The number of halogens is 4. The highest BCUT2D eigenvalue weighted by Gasteiger charge is 2.33. The summed E-state index contributed by atoms with van der Waals surface area (Å²) < 4.78 is 63.4. The molecule has 0 radical (unpaired) electrons. The quantitative estimate of drug-likeness (QED) is 0.654. The van der Waals surface area contributed by atoms with Crippen LogP contribution in [0.5, 0.6) is 0 Å². The zero-order valence-corrected chi connectivity index (χ0v) is 15.9. The van der Waals surface area contributed by atoms with Crippen molar-refractivity contribution in [2.24, 2.45) is 0 Å². The molecule has 0 saturated heterocycles. The Morgan fingerprint density at radius 1 is 1.03 bits per heavy atom. The molecule has 29 heavy (non-hydrogen) atoms. The molecule has 0 atom stereocenters. The summed E-state index contributed by atoms with van der Waals surface area (Å²) in [6, 6.07) is 8.57. The van der Waals surface area contributed by atoms with E-state index in [0.29, 0.717) is 23.5 Å². The topological polar surface area (TPSA) is 89.0 Å². The van der Waals surface area contributed by atoms with Gasteiger partial charge in [-0.05, 0) is 42.5 Å². The first-order valence-corrected chi connectivity index (χ1v) is 9.74. The van der Waals surface area contributed by atoms with Crippen LogP contribution in [0.4, 0.5) is 18.9 Å². The summed E-state index contributed by atoms with van der Waals surface area (Å²) in [5.41, 5.74) is -0.481. The van der Waals surface area contributed by atoms with Gasteiger partial charge in [-0.3, -0.25) is 9.78 Å². The molecule has 1 amide bonds. The lowest BCUT2D eigenvalue weighted by Crippen LogP contribution is -2.12. The minimum absolute atomic E-state index is 0.242. The van der Waals surface area contributed by atoms with Crippen LogP contribution >= 0.6 is 11.6 Å². The van der Waals surface area contributed by atoms with Gasteiger partial charge in [-0.1, -0.05) is 11.6 Å². The second kappa shape index (κ2) is 7.80. The summed E-state index contributed by atoms with van der Waals surface area (Å²) in [5.74, 6) is -0.421. The molecule has 6 nitrogen and oxygen atoms in total. The number of carbonyl (C=O) groups is 1. The van der Waals surface area contributed by atoms with E-state index in [1.165, 1.54) is 48.8 Å². The van der Waals surface area contributed by atoms with Crippen LogP contribution in [-0.4, -0.2) is 24.3 Å². The maximum Gasteiger partial charge on any atom is 0.417 e. The molecule has 0 fully saturated rings. The molecule has 0 saturated carbocycles. The summed E-state index contributed by atoms with van der Waals surface area (Å²) in [5, 5.41) is 1.25. The number of rotatable bonds is 4. The maximum absolute atomic E-state index is 12.7. The van der Waals surface area contributed by atoms with Gasteiger partial charge in [0.05, 0.1) is 15.5 Å². The molecule has 3 rings (SSSR count). The SMILES string of the molecule is O=C(Nc1ccc(S(=O)(=O)c2ncc(C(F)(F)F)cc2Cl)cc1)c1ccncc1. The Kier molecular flexibility index (Phi) is 5.58. The van der Waals surface area contributed by atoms with Gasteiger partial charge in [0, 0.05) is 29.8 Å². The summed E-state index contributed by atoms with van der Waals surface area (Å²) >= 11 is 5.73. The van der Waals surface area contributed by atoms with E-state index < -0.39 is 37.5 Å². The molecule has 0 aliphatic rings. The third kappa shape index (κ3) is 4.54. The van der Waals surface area contributed by atoms with Gasteiger partial charge in [-0.25, -0.2) is 13.4 Å². The van der Waals surface area contributed by atoms with E-state index in [4.69, 9.17) is 11.6 Å². The van der Waals surface area contributed by atoms with Gasteiger partial charge >= 0.3 is 6.18 Å². The van der Waals surface area contributed by atoms with Crippen LogP contribution in [0.15, 0.2) is 71.0 Å². The summed E-state index contributed by atoms with van der Waals surface area (Å²) in [6.45, 7) is 0. The van der Waals surface area contributed by atoms with Gasteiger partial charge in [-0.15, -0.1) is 0 Å². The highest BCUT2D eigenvalue weighted by atomic mass is 35.5. The van der Waals surface area contributed by atoms with Gasteiger partial charge in [0.2, 0.25) is 9.84 Å². The van der Waals surface area contributed by atoms with Gasteiger partial charge in [0.15, 0.2) is 5.03 Å². The molecule has 1 aromatic carbocycles. The highest BCUT2D eigenvalue weighted by molar-refractivity contribution is 7.91. The van der Waals surface area contributed by atoms with E-state index in [0.717, 1.165) is 0 Å². The fourth-order valence-electron chi connectivity index (χ4n) is 2.31. The molecule has 0 aliphatic heterocycles. The first-order chi connectivity index (χ1) is 13.6. The Morgan fingerprint density at radius 2 is 1.66 bits per heavy atom. The summed E-state index contributed by atoms with van der Waals surface area (Å²) in [7, 11) is -4.26. The number of alkyl halides is 3. The van der Waals surface area contributed by atoms with Gasteiger partial charge < -0.3 is 5.32 Å². The lowest BCUT2D eigenvalue weighted by atomic mass is 10.2. The first-order valence-electron chi connectivity index (χ1n) is 7.88. The number of sulfone groups is 1. The number of anilines is 1. The van der Waals surface area contributed by atoms with E-state index in [1.807, 2.05) is 0 Å².